The second-order valence-electron chi connectivity index (χ2n) is 3.73. The number of nitrogens with zero attached hydrogens (tertiary/aromatic N) is 3. The van der Waals surface area contributed by atoms with Crippen LogP contribution in [0.2, 0.25) is 0 Å². The fraction of sp³-hybridized carbons (Fsp3) is 0.250. The van der Waals surface area contributed by atoms with Gasteiger partial charge in [-0.2, -0.15) is 5.10 Å². The molecule has 3 rings (SSSR count). The summed E-state index contributed by atoms with van der Waals surface area (Å²) in [5, 5.41) is 9.95. The normalized spacial score (nSPS) is 21.9. The second-order valence-corrected chi connectivity index (χ2v) is 4.74. The molecule has 0 spiro atoms. The van der Waals surface area contributed by atoms with Crippen LogP contribution in [0.1, 0.15) is 18.1 Å². The van der Waals surface area contributed by atoms with Gasteiger partial charge in [-0.05, 0) is 23.7 Å². The van der Waals surface area contributed by atoms with Crippen LogP contribution in [0, 0.1) is 0 Å². The van der Waals surface area contributed by atoms with E-state index in [0.29, 0.717) is 0 Å². The molecular formula is C12H11N3S. The van der Waals surface area contributed by atoms with Gasteiger partial charge in [0.15, 0.2) is 0 Å². The molecule has 16 heavy (non-hydrogen) atoms. The summed E-state index contributed by atoms with van der Waals surface area (Å²) in [5.74, 6) is 0. The molecule has 2 aliphatic rings. The number of hydrogen-bond acceptors (Lipinski definition) is 4. The van der Waals surface area contributed by atoms with E-state index in [1.54, 1.807) is 18.0 Å². The number of aliphatic imine (C=N–C) groups is 1. The van der Waals surface area contributed by atoms with Gasteiger partial charge in [0, 0.05) is 5.56 Å². The molecule has 2 heterocycles. The van der Waals surface area contributed by atoms with Crippen LogP contribution in [-0.2, 0) is 6.42 Å². The average molecular weight is 229 g/mol. The van der Waals surface area contributed by atoms with Crippen molar-refractivity contribution in [1.29, 1.82) is 0 Å². The van der Waals surface area contributed by atoms with E-state index >= 15 is 0 Å². The summed E-state index contributed by atoms with van der Waals surface area (Å²) in [6, 6.07) is 8.64. The van der Waals surface area contributed by atoms with Crippen LogP contribution >= 0.6 is 11.8 Å². The van der Waals surface area contributed by atoms with Gasteiger partial charge in [0.05, 0.1) is 6.21 Å². The standard InChI is InChI=1S/C12H11N3S/c1-2-8-3-5-9(6-4-8)11-14-10-7-13-15-12(10)16-11/h3-7,10H,2H2,1H3. The Morgan fingerprint density at radius 3 is 2.75 bits per heavy atom. The van der Waals surface area contributed by atoms with E-state index in [2.05, 4.69) is 46.4 Å². The topological polar surface area (TPSA) is 37.1 Å². The SMILES string of the molecule is CCc1ccc(C2=NC3C=NN=C3S2)cc1. The highest BCUT2D eigenvalue weighted by atomic mass is 32.2. The molecule has 0 fully saturated rings. The highest BCUT2D eigenvalue weighted by Crippen LogP contribution is 2.28. The molecule has 0 bridgehead atoms. The second kappa shape index (κ2) is 3.87. The first kappa shape index (κ1) is 9.78. The van der Waals surface area contributed by atoms with Gasteiger partial charge in [-0.1, -0.05) is 31.2 Å². The Labute approximate surface area is 98.4 Å². The number of rotatable bonds is 2. The van der Waals surface area contributed by atoms with E-state index in [9.17, 15) is 0 Å². The van der Waals surface area contributed by atoms with E-state index in [-0.39, 0.29) is 6.04 Å². The highest BCUT2D eigenvalue weighted by molar-refractivity contribution is 8.27. The van der Waals surface area contributed by atoms with Crippen LogP contribution in [0.5, 0.6) is 0 Å². The molecular weight excluding hydrogens is 218 g/mol. The summed E-state index contributed by atoms with van der Waals surface area (Å²) < 4.78 is 0. The first-order valence-corrected chi connectivity index (χ1v) is 6.14. The number of hydrogen-bond donors (Lipinski definition) is 0. The van der Waals surface area contributed by atoms with Crippen molar-refractivity contribution in [3.63, 3.8) is 0 Å². The minimum Gasteiger partial charge on any atom is -0.261 e. The summed E-state index contributed by atoms with van der Waals surface area (Å²) in [6.07, 6.45) is 2.86. The number of aryl methyl sites for hydroxylation is 1. The maximum atomic E-state index is 4.58. The summed E-state index contributed by atoms with van der Waals surface area (Å²) in [4.78, 5) is 4.58. The molecule has 1 aromatic carbocycles. The molecule has 2 aliphatic heterocycles. The minimum absolute atomic E-state index is 0.0749. The van der Waals surface area contributed by atoms with Gasteiger partial charge >= 0.3 is 0 Å². The molecule has 1 aromatic rings. The molecule has 0 aromatic heterocycles. The predicted octanol–water partition coefficient (Wildman–Crippen LogP) is 2.51. The summed E-state index contributed by atoms with van der Waals surface area (Å²) in [5.41, 5.74) is 2.53. The van der Waals surface area contributed by atoms with Crippen molar-refractivity contribution in [2.24, 2.45) is 15.2 Å². The molecule has 0 amide bonds. The van der Waals surface area contributed by atoms with E-state index in [0.717, 1.165) is 16.5 Å². The van der Waals surface area contributed by atoms with Crippen molar-refractivity contribution in [3.05, 3.63) is 35.4 Å². The third-order valence-electron chi connectivity index (χ3n) is 2.68. The van der Waals surface area contributed by atoms with Gasteiger partial charge in [-0.3, -0.25) is 4.99 Å². The number of fused-ring (bicyclic) bond motifs is 1. The fourth-order valence-electron chi connectivity index (χ4n) is 1.71. The Morgan fingerprint density at radius 1 is 1.25 bits per heavy atom. The molecule has 0 aliphatic carbocycles. The van der Waals surface area contributed by atoms with Gasteiger partial charge in [-0.15, -0.1) is 5.10 Å². The molecule has 0 N–H and O–H groups in total. The zero-order chi connectivity index (χ0) is 11.0. The Balaban J connectivity index is 1.88. The van der Waals surface area contributed by atoms with Crippen molar-refractivity contribution in [3.8, 4) is 0 Å². The Bertz CT molecular complexity index is 500. The first-order chi connectivity index (χ1) is 7.86. The Morgan fingerprint density at radius 2 is 2.06 bits per heavy atom. The average Bonchev–Trinajstić information content (AvgIpc) is 2.89. The molecule has 1 unspecified atom stereocenters. The van der Waals surface area contributed by atoms with Crippen LogP contribution in [0.4, 0.5) is 0 Å². The van der Waals surface area contributed by atoms with Crippen molar-refractivity contribution < 1.29 is 0 Å². The van der Waals surface area contributed by atoms with Gasteiger partial charge in [0.25, 0.3) is 0 Å². The third kappa shape index (κ3) is 1.59. The summed E-state index contributed by atoms with van der Waals surface area (Å²) in [6.45, 7) is 2.16. The van der Waals surface area contributed by atoms with Crippen LogP contribution in [0.25, 0.3) is 0 Å². The van der Waals surface area contributed by atoms with Gasteiger partial charge in [0.1, 0.15) is 16.1 Å². The van der Waals surface area contributed by atoms with E-state index in [4.69, 9.17) is 0 Å². The quantitative estimate of drug-likeness (QED) is 0.767. The maximum absolute atomic E-state index is 4.58. The van der Waals surface area contributed by atoms with Gasteiger partial charge in [0.2, 0.25) is 0 Å². The Kier molecular flexibility index (Phi) is 2.36. The molecule has 80 valence electrons. The first-order valence-electron chi connectivity index (χ1n) is 5.33. The van der Waals surface area contributed by atoms with Gasteiger partial charge in [-0.25, -0.2) is 0 Å². The molecule has 4 heteroatoms. The van der Waals surface area contributed by atoms with Gasteiger partial charge < -0.3 is 0 Å². The third-order valence-corrected chi connectivity index (χ3v) is 3.75. The fourth-order valence-corrected chi connectivity index (χ4v) is 2.65. The summed E-state index contributed by atoms with van der Waals surface area (Å²) >= 11 is 1.62. The van der Waals surface area contributed by atoms with Crippen LogP contribution < -0.4 is 0 Å². The lowest BCUT2D eigenvalue weighted by Gasteiger charge is -2.00. The van der Waals surface area contributed by atoms with Crippen LogP contribution in [0.3, 0.4) is 0 Å². The van der Waals surface area contributed by atoms with Crippen molar-refractivity contribution in [1.82, 2.24) is 0 Å². The zero-order valence-electron chi connectivity index (χ0n) is 8.92. The lowest BCUT2D eigenvalue weighted by molar-refractivity contribution is 1.14. The lowest BCUT2D eigenvalue weighted by atomic mass is 10.1. The van der Waals surface area contributed by atoms with Crippen molar-refractivity contribution in [2.75, 3.05) is 0 Å². The van der Waals surface area contributed by atoms with E-state index < -0.39 is 0 Å². The summed E-state index contributed by atoms with van der Waals surface area (Å²) in [7, 11) is 0. The highest BCUT2D eigenvalue weighted by Gasteiger charge is 2.28. The van der Waals surface area contributed by atoms with Crippen molar-refractivity contribution in [2.45, 2.75) is 19.4 Å². The zero-order valence-corrected chi connectivity index (χ0v) is 9.74. The molecule has 3 nitrogen and oxygen atoms in total. The van der Waals surface area contributed by atoms with Crippen molar-refractivity contribution >= 4 is 28.1 Å². The molecule has 0 saturated carbocycles. The molecule has 0 saturated heterocycles. The minimum atomic E-state index is 0.0749. The van der Waals surface area contributed by atoms with Crippen LogP contribution in [0.15, 0.2) is 39.5 Å². The molecule has 0 radical (unpaired) electrons. The lowest BCUT2D eigenvalue weighted by Crippen LogP contribution is -2.06. The Hall–Kier alpha value is -1.42. The molecule has 1 atom stereocenters. The number of thioether (sulfide) groups is 1. The predicted molar refractivity (Wildman–Crippen MR) is 69.7 cm³/mol. The van der Waals surface area contributed by atoms with E-state index in [1.807, 2.05) is 0 Å². The maximum Gasteiger partial charge on any atom is 0.138 e. The monoisotopic (exact) mass is 229 g/mol. The smallest absolute Gasteiger partial charge is 0.138 e. The van der Waals surface area contributed by atoms with Crippen LogP contribution in [-0.4, -0.2) is 22.3 Å². The largest absolute Gasteiger partial charge is 0.261 e. The van der Waals surface area contributed by atoms with E-state index in [1.165, 1.54) is 11.1 Å². The number of benzene rings is 1.